The number of fused-ring (bicyclic) bond motifs is 1. The van der Waals surface area contributed by atoms with Gasteiger partial charge in [-0.1, -0.05) is 30.3 Å². The number of methoxy groups -OCH3 is 1. The Morgan fingerprint density at radius 3 is 2.65 bits per heavy atom. The average molecular weight is 321 g/mol. The van der Waals surface area contributed by atoms with Gasteiger partial charge in [0.05, 0.1) is 6.61 Å². The lowest BCUT2D eigenvalue weighted by molar-refractivity contribution is -0.302. The predicted octanol–water partition coefficient (Wildman–Crippen LogP) is 0.546. The summed E-state index contributed by atoms with van der Waals surface area (Å²) in [6, 6.07) is 8.46. The van der Waals surface area contributed by atoms with Crippen LogP contribution >= 0.6 is 0 Å². The van der Waals surface area contributed by atoms with Gasteiger partial charge in [-0.05, 0) is 0 Å². The fourth-order valence-corrected chi connectivity index (χ4v) is 2.79. The van der Waals surface area contributed by atoms with Crippen LogP contribution in [0.3, 0.4) is 0 Å². The van der Waals surface area contributed by atoms with Crippen LogP contribution in [0.4, 0.5) is 0 Å². The minimum absolute atomic E-state index is 0.211. The van der Waals surface area contributed by atoms with Crippen LogP contribution in [0.1, 0.15) is 18.8 Å². The van der Waals surface area contributed by atoms with Gasteiger partial charge >= 0.3 is 0 Å². The Balaban J connectivity index is 1.77. The van der Waals surface area contributed by atoms with Crippen LogP contribution in [0.25, 0.3) is 0 Å². The van der Waals surface area contributed by atoms with E-state index < -0.39 is 30.8 Å². The average Bonchev–Trinajstić information content (AvgIpc) is 2.57. The Hall–Kier alpha value is -1.80. The monoisotopic (exact) mass is 321 g/mol. The molecule has 1 aromatic rings. The minimum Gasteiger partial charge on any atom is -0.353 e. The van der Waals surface area contributed by atoms with Crippen LogP contribution in [0, 0.1) is 0 Å². The van der Waals surface area contributed by atoms with Crippen molar-refractivity contribution in [1.29, 1.82) is 0 Å². The molecule has 5 unspecified atom stereocenters. The van der Waals surface area contributed by atoms with Crippen LogP contribution in [-0.2, 0) is 28.5 Å². The molecule has 124 valence electrons. The lowest BCUT2D eigenvalue weighted by Gasteiger charge is -2.43. The van der Waals surface area contributed by atoms with Gasteiger partial charge in [-0.2, -0.15) is 0 Å². The standard InChI is InChI=1S/C16H19NO6/c1-9(18)17-12-13(19)14-11(22-16(12)20-2)8-21-15(23-14)10-6-4-3-5-7-10/h3-7,11-12,14-16H,8H2,1-2H3,(H,17,18). The van der Waals surface area contributed by atoms with Crippen molar-refractivity contribution in [2.75, 3.05) is 13.7 Å². The molecule has 7 heteroatoms. The van der Waals surface area contributed by atoms with Crippen molar-refractivity contribution in [3.63, 3.8) is 0 Å². The minimum atomic E-state index is -0.895. The second-order valence-electron chi connectivity index (χ2n) is 5.49. The molecule has 0 spiro atoms. The van der Waals surface area contributed by atoms with Crippen molar-refractivity contribution in [1.82, 2.24) is 5.32 Å². The van der Waals surface area contributed by atoms with Gasteiger partial charge in [-0.15, -0.1) is 0 Å². The smallest absolute Gasteiger partial charge is 0.217 e. The fourth-order valence-electron chi connectivity index (χ4n) is 2.79. The summed E-state index contributed by atoms with van der Waals surface area (Å²) in [7, 11) is 1.42. The summed E-state index contributed by atoms with van der Waals surface area (Å²) >= 11 is 0. The second-order valence-corrected chi connectivity index (χ2v) is 5.49. The first kappa shape index (κ1) is 16.1. The fraction of sp³-hybridized carbons (Fsp3) is 0.500. The summed E-state index contributed by atoms with van der Waals surface area (Å²) in [6.07, 6.45) is -2.86. The normalized spacial score (nSPS) is 33.8. The SMILES string of the molecule is COC1OC2COC(c3ccccc3)OC2C(=O)C1NC(C)=O. The summed E-state index contributed by atoms with van der Waals surface area (Å²) < 4.78 is 22.3. The predicted molar refractivity (Wildman–Crippen MR) is 78.3 cm³/mol. The van der Waals surface area contributed by atoms with Gasteiger partial charge in [0.25, 0.3) is 0 Å². The Kier molecular flexibility index (Phi) is 4.72. The molecule has 23 heavy (non-hydrogen) atoms. The van der Waals surface area contributed by atoms with Gasteiger partial charge < -0.3 is 24.3 Å². The van der Waals surface area contributed by atoms with Crippen LogP contribution in [0.15, 0.2) is 30.3 Å². The maximum atomic E-state index is 12.7. The van der Waals surface area contributed by atoms with Crippen LogP contribution in [-0.4, -0.2) is 49.9 Å². The van der Waals surface area contributed by atoms with Gasteiger partial charge in [0.2, 0.25) is 5.91 Å². The molecule has 2 aliphatic heterocycles. The van der Waals surface area contributed by atoms with Gasteiger partial charge in [-0.25, -0.2) is 0 Å². The maximum Gasteiger partial charge on any atom is 0.217 e. The number of ether oxygens (including phenoxy) is 4. The second kappa shape index (κ2) is 6.76. The van der Waals surface area contributed by atoms with E-state index >= 15 is 0 Å². The third-order valence-electron chi connectivity index (χ3n) is 3.85. The molecule has 0 aromatic heterocycles. The zero-order valence-electron chi connectivity index (χ0n) is 12.9. The summed E-state index contributed by atoms with van der Waals surface area (Å²) in [5.74, 6) is -0.605. The van der Waals surface area contributed by atoms with E-state index in [1.165, 1.54) is 14.0 Å². The molecule has 2 saturated heterocycles. The van der Waals surface area contributed by atoms with Crippen molar-refractivity contribution >= 4 is 11.7 Å². The zero-order chi connectivity index (χ0) is 16.4. The van der Waals surface area contributed by atoms with E-state index in [0.29, 0.717) is 0 Å². The van der Waals surface area contributed by atoms with Crippen LogP contribution in [0.2, 0.25) is 0 Å². The number of hydrogen-bond donors (Lipinski definition) is 1. The Bertz CT molecular complexity index is 577. The summed E-state index contributed by atoms with van der Waals surface area (Å²) in [4.78, 5) is 24.0. The van der Waals surface area contributed by atoms with E-state index in [1.807, 2.05) is 30.3 Å². The third kappa shape index (κ3) is 3.28. The van der Waals surface area contributed by atoms with E-state index in [2.05, 4.69) is 5.32 Å². The highest BCUT2D eigenvalue weighted by Gasteiger charge is 2.49. The molecule has 0 saturated carbocycles. The lowest BCUT2D eigenvalue weighted by Crippen LogP contribution is -2.64. The van der Waals surface area contributed by atoms with E-state index in [-0.39, 0.29) is 18.3 Å². The summed E-state index contributed by atoms with van der Waals surface area (Å²) in [6.45, 7) is 1.55. The number of hydrogen-bond acceptors (Lipinski definition) is 6. The molecule has 3 rings (SSSR count). The van der Waals surface area contributed by atoms with Crippen molar-refractivity contribution in [3.8, 4) is 0 Å². The summed E-state index contributed by atoms with van der Waals surface area (Å²) in [5.41, 5.74) is 0.823. The molecular weight excluding hydrogens is 302 g/mol. The molecule has 2 heterocycles. The number of Topliss-reactive ketones (excluding diaryl/α,β-unsaturated/α-hetero) is 1. The number of amides is 1. The number of ketones is 1. The molecule has 2 aliphatic rings. The van der Waals surface area contributed by atoms with Crippen molar-refractivity contribution in [2.24, 2.45) is 0 Å². The molecular formula is C16H19NO6. The van der Waals surface area contributed by atoms with E-state index in [4.69, 9.17) is 18.9 Å². The zero-order valence-corrected chi connectivity index (χ0v) is 12.9. The third-order valence-corrected chi connectivity index (χ3v) is 3.85. The first-order chi connectivity index (χ1) is 11.1. The highest BCUT2D eigenvalue weighted by molar-refractivity contribution is 5.93. The molecule has 2 fully saturated rings. The molecule has 1 N–H and O–H groups in total. The van der Waals surface area contributed by atoms with E-state index in [9.17, 15) is 9.59 Å². The highest BCUT2D eigenvalue weighted by atomic mass is 16.7. The number of carbonyl (C=O) groups excluding carboxylic acids is 2. The van der Waals surface area contributed by atoms with Crippen LogP contribution < -0.4 is 5.32 Å². The lowest BCUT2D eigenvalue weighted by atomic mass is 9.97. The molecule has 0 bridgehead atoms. The highest BCUT2D eigenvalue weighted by Crippen LogP contribution is 2.32. The van der Waals surface area contributed by atoms with Crippen molar-refractivity contribution < 1.29 is 28.5 Å². The number of nitrogens with one attached hydrogen (secondary N) is 1. The Labute approximate surface area is 133 Å². The number of benzene rings is 1. The topological polar surface area (TPSA) is 83.1 Å². The molecule has 1 amide bonds. The Morgan fingerprint density at radius 2 is 2.00 bits per heavy atom. The molecule has 7 nitrogen and oxygen atoms in total. The first-order valence-corrected chi connectivity index (χ1v) is 7.41. The van der Waals surface area contributed by atoms with Gasteiger partial charge in [0.1, 0.15) is 18.2 Å². The van der Waals surface area contributed by atoms with Crippen LogP contribution in [0.5, 0.6) is 0 Å². The van der Waals surface area contributed by atoms with E-state index in [1.54, 1.807) is 0 Å². The molecule has 1 aromatic carbocycles. The maximum absolute atomic E-state index is 12.7. The quantitative estimate of drug-likeness (QED) is 0.875. The molecule has 0 radical (unpaired) electrons. The number of carbonyl (C=O) groups is 2. The van der Waals surface area contributed by atoms with Gasteiger partial charge in [0, 0.05) is 19.6 Å². The van der Waals surface area contributed by atoms with Crippen molar-refractivity contribution in [2.45, 2.75) is 37.8 Å². The van der Waals surface area contributed by atoms with Gasteiger partial charge in [-0.3, -0.25) is 9.59 Å². The molecule has 5 atom stereocenters. The molecule has 0 aliphatic carbocycles. The Morgan fingerprint density at radius 1 is 1.26 bits per heavy atom. The van der Waals surface area contributed by atoms with Gasteiger partial charge in [0.15, 0.2) is 18.4 Å². The summed E-state index contributed by atoms with van der Waals surface area (Å²) in [5, 5.41) is 2.56. The van der Waals surface area contributed by atoms with Crippen molar-refractivity contribution in [3.05, 3.63) is 35.9 Å². The van der Waals surface area contributed by atoms with E-state index in [0.717, 1.165) is 5.56 Å². The first-order valence-electron chi connectivity index (χ1n) is 7.41. The largest absolute Gasteiger partial charge is 0.353 e. The number of rotatable bonds is 3.